The molecule has 22 heavy (non-hydrogen) atoms. The molecule has 0 aliphatic carbocycles. The highest BCUT2D eigenvalue weighted by molar-refractivity contribution is 7.20. The number of hydrogen-bond acceptors (Lipinski definition) is 4. The van der Waals surface area contributed by atoms with Gasteiger partial charge in [0.25, 0.3) is 5.91 Å². The molecular weight excluding hydrogens is 359 g/mol. The van der Waals surface area contributed by atoms with E-state index in [0.717, 1.165) is 23.4 Å². The molecule has 0 unspecified atom stereocenters. The number of benzene rings is 1. The van der Waals surface area contributed by atoms with Crippen LogP contribution in [0.1, 0.15) is 21.8 Å². The molecule has 0 fully saturated rings. The number of aryl methyl sites for hydroxylation is 1. The minimum Gasteiger partial charge on any atom is -0.352 e. The standard InChI is InChI=1S/C15H12Cl2N2OS2/c16-12-8-9(14(17)22-12)15(20)18-7-3-6-13-19-10-4-1-2-5-11(10)21-13/h1-2,4-5,8H,3,6-7H2,(H,18,20). The fourth-order valence-electron chi connectivity index (χ4n) is 2.06. The molecule has 3 rings (SSSR count). The lowest BCUT2D eigenvalue weighted by Gasteiger charge is -2.03. The molecule has 0 spiro atoms. The second-order valence-electron chi connectivity index (χ2n) is 4.67. The summed E-state index contributed by atoms with van der Waals surface area (Å²) in [5.74, 6) is -0.183. The summed E-state index contributed by atoms with van der Waals surface area (Å²) in [6.07, 6.45) is 1.68. The first-order chi connectivity index (χ1) is 10.6. The summed E-state index contributed by atoms with van der Waals surface area (Å²) >= 11 is 14.7. The predicted octanol–water partition coefficient (Wildman–Crippen LogP) is 5.03. The Balaban J connectivity index is 1.51. The van der Waals surface area contributed by atoms with Gasteiger partial charge in [0.2, 0.25) is 0 Å². The lowest BCUT2D eigenvalue weighted by molar-refractivity contribution is 0.0954. The van der Waals surface area contributed by atoms with Gasteiger partial charge in [-0.15, -0.1) is 22.7 Å². The van der Waals surface area contributed by atoms with Gasteiger partial charge in [0.15, 0.2) is 0 Å². The van der Waals surface area contributed by atoms with Gasteiger partial charge in [-0.2, -0.15) is 0 Å². The predicted molar refractivity (Wildman–Crippen MR) is 94.6 cm³/mol. The second kappa shape index (κ2) is 6.96. The molecular formula is C15H12Cl2N2OS2. The molecule has 1 N–H and O–H groups in total. The van der Waals surface area contributed by atoms with Crippen LogP contribution < -0.4 is 5.32 Å². The number of carbonyl (C=O) groups excluding carboxylic acids is 1. The Bertz CT molecular complexity index is 780. The van der Waals surface area contributed by atoms with E-state index in [4.69, 9.17) is 23.2 Å². The van der Waals surface area contributed by atoms with E-state index < -0.39 is 0 Å². The summed E-state index contributed by atoms with van der Waals surface area (Å²) in [7, 11) is 0. The molecule has 0 aliphatic rings. The van der Waals surface area contributed by atoms with Crippen LogP contribution in [0.15, 0.2) is 30.3 Å². The van der Waals surface area contributed by atoms with Gasteiger partial charge < -0.3 is 5.32 Å². The van der Waals surface area contributed by atoms with E-state index >= 15 is 0 Å². The van der Waals surface area contributed by atoms with Crippen molar-refractivity contribution in [2.24, 2.45) is 0 Å². The minimum atomic E-state index is -0.183. The Morgan fingerprint density at radius 3 is 2.77 bits per heavy atom. The molecule has 114 valence electrons. The average Bonchev–Trinajstić information content (AvgIpc) is 3.05. The van der Waals surface area contributed by atoms with Crippen molar-refractivity contribution in [1.82, 2.24) is 10.3 Å². The monoisotopic (exact) mass is 370 g/mol. The van der Waals surface area contributed by atoms with Gasteiger partial charge in [-0.05, 0) is 24.6 Å². The number of para-hydroxylation sites is 1. The third-order valence-electron chi connectivity index (χ3n) is 3.09. The molecule has 2 heterocycles. The van der Waals surface area contributed by atoms with E-state index in [2.05, 4.69) is 16.4 Å². The van der Waals surface area contributed by atoms with Crippen molar-refractivity contribution in [3.8, 4) is 0 Å². The van der Waals surface area contributed by atoms with E-state index in [1.54, 1.807) is 17.4 Å². The van der Waals surface area contributed by atoms with Crippen LogP contribution in [0.4, 0.5) is 0 Å². The number of nitrogens with zero attached hydrogens (tertiary/aromatic N) is 1. The SMILES string of the molecule is O=C(NCCCc1nc2ccccc2s1)c1cc(Cl)sc1Cl. The van der Waals surface area contributed by atoms with Crippen LogP contribution in [0.3, 0.4) is 0 Å². The van der Waals surface area contributed by atoms with Crippen molar-refractivity contribution in [2.45, 2.75) is 12.8 Å². The highest BCUT2D eigenvalue weighted by Crippen LogP contribution is 2.31. The van der Waals surface area contributed by atoms with Gasteiger partial charge >= 0.3 is 0 Å². The van der Waals surface area contributed by atoms with Crippen LogP contribution in [0, 0.1) is 0 Å². The van der Waals surface area contributed by atoms with Crippen LogP contribution in [-0.2, 0) is 6.42 Å². The number of hydrogen-bond donors (Lipinski definition) is 1. The number of fused-ring (bicyclic) bond motifs is 1. The maximum atomic E-state index is 12.0. The van der Waals surface area contributed by atoms with E-state index in [9.17, 15) is 4.79 Å². The summed E-state index contributed by atoms with van der Waals surface area (Å²) in [5, 5.41) is 3.95. The topological polar surface area (TPSA) is 42.0 Å². The molecule has 0 radical (unpaired) electrons. The summed E-state index contributed by atoms with van der Waals surface area (Å²) in [4.78, 5) is 16.5. The number of halogens is 2. The fraction of sp³-hybridized carbons (Fsp3) is 0.200. The zero-order chi connectivity index (χ0) is 15.5. The molecule has 0 saturated carbocycles. The van der Waals surface area contributed by atoms with Crippen molar-refractivity contribution in [3.63, 3.8) is 0 Å². The molecule has 1 aromatic carbocycles. The Morgan fingerprint density at radius 2 is 2.05 bits per heavy atom. The van der Waals surface area contributed by atoms with Crippen LogP contribution >= 0.6 is 45.9 Å². The van der Waals surface area contributed by atoms with Gasteiger partial charge in [-0.3, -0.25) is 4.79 Å². The Hall–Kier alpha value is -1.14. The molecule has 1 amide bonds. The zero-order valence-electron chi connectivity index (χ0n) is 11.4. The first kappa shape index (κ1) is 15.7. The number of carbonyl (C=O) groups is 1. The highest BCUT2D eigenvalue weighted by atomic mass is 35.5. The number of aromatic nitrogens is 1. The number of thiophene rings is 1. The lowest BCUT2D eigenvalue weighted by Crippen LogP contribution is -2.24. The normalized spacial score (nSPS) is 11.0. The maximum absolute atomic E-state index is 12.0. The largest absolute Gasteiger partial charge is 0.352 e. The van der Waals surface area contributed by atoms with Gasteiger partial charge in [0.05, 0.1) is 25.1 Å². The zero-order valence-corrected chi connectivity index (χ0v) is 14.6. The number of rotatable bonds is 5. The summed E-state index contributed by atoms with van der Waals surface area (Å²) < 4.78 is 2.14. The maximum Gasteiger partial charge on any atom is 0.253 e. The summed E-state index contributed by atoms with van der Waals surface area (Å²) in [5.41, 5.74) is 1.47. The van der Waals surface area contributed by atoms with Gasteiger partial charge in [0.1, 0.15) is 4.34 Å². The third kappa shape index (κ3) is 3.60. The number of nitrogens with one attached hydrogen (secondary N) is 1. The Labute approximate surface area is 145 Å². The fourth-order valence-corrected chi connectivity index (χ4v) is 4.53. The Kier molecular flexibility index (Phi) is 4.98. The van der Waals surface area contributed by atoms with Crippen molar-refractivity contribution >= 4 is 62.0 Å². The van der Waals surface area contributed by atoms with Crippen molar-refractivity contribution in [3.05, 3.63) is 49.6 Å². The van der Waals surface area contributed by atoms with Gasteiger partial charge in [0, 0.05) is 13.0 Å². The molecule has 2 aromatic heterocycles. The van der Waals surface area contributed by atoms with Gasteiger partial charge in [-0.1, -0.05) is 35.3 Å². The van der Waals surface area contributed by atoms with Crippen LogP contribution in [-0.4, -0.2) is 17.4 Å². The molecule has 3 nitrogen and oxygen atoms in total. The smallest absolute Gasteiger partial charge is 0.253 e. The third-order valence-corrected chi connectivity index (χ3v) is 5.68. The lowest BCUT2D eigenvalue weighted by atomic mass is 10.3. The second-order valence-corrected chi connectivity index (χ2v) is 8.07. The molecule has 0 aliphatic heterocycles. The first-order valence-corrected chi connectivity index (χ1v) is 9.10. The highest BCUT2D eigenvalue weighted by Gasteiger charge is 2.13. The van der Waals surface area contributed by atoms with Crippen LogP contribution in [0.5, 0.6) is 0 Å². The molecule has 0 bridgehead atoms. The molecule has 0 atom stereocenters. The molecule has 0 saturated heterocycles. The quantitative estimate of drug-likeness (QED) is 0.640. The number of thiazole rings is 1. The van der Waals surface area contributed by atoms with E-state index in [0.29, 0.717) is 20.8 Å². The van der Waals surface area contributed by atoms with E-state index in [-0.39, 0.29) is 5.91 Å². The van der Waals surface area contributed by atoms with Crippen molar-refractivity contribution < 1.29 is 4.79 Å². The first-order valence-electron chi connectivity index (χ1n) is 6.71. The molecule has 3 aromatic rings. The van der Waals surface area contributed by atoms with Crippen molar-refractivity contribution in [2.75, 3.05) is 6.54 Å². The van der Waals surface area contributed by atoms with E-state index in [1.807, 2.05) is 18.2 Å². The minimum absolute atomic E-state index is 0.183. The average molecular weight is 371 g/mol. The number of amides is 1. The van der Waals surface area contributed by atoms with Crippen molar-refractivity contribution in [1.29, 1.82) is 0 Å². The van der Waals surface area contributed by atoms with Gasteiger partial charge in [-0.25, -0.2) is 4.98 Å². The summed E-state index contributed by atoms with van der Waals surface area (Å²) in [6, 6.07) is 9.68. The van der Waals surface area contributed by atoms with Crippen LogP contribution in [0.2, 0.25) is 8.67 Å². The van der Waals surface area contributed by atoms with E-state index in [1.165, 1.54) is 16.0 Å². The Morgan fingerprint density at radius 1 is 1.23 bits per heavy atom. The van der Waals surface area contributed by atoms with Crippen LogP contribution in [0.25, 0.3) is 10.2 Å². The molecule has 7 heteroatoms. The summed E-state index contributed by atoms with van der Waals surface area (Å²) in [6.45, 7) is 0.582.